The van der Waals surface area contributed by atoms with Crippen molar-refractivity contribution in [3.8, 4) is 11.5 Å². The van der Waals surface area contributed by atoms with Crippen LogP contribution in [0.1, 0.15) is 23.4 Å². The van der Waals surface area contributed by atoms with Crippen LogP contribution in [0.5, 0.6) is 11.5 Å². The molecule has 0 spiro atoms. The predicted molar refractivity (Wildman–Crippen MR) is 106 cm³/mol. The Hall–Kier alpha value is -3.49. The second-order valence-corrected chi connectivity index (χ2v) is 6.77. The molecule has 2 heterocycles. The minimum atomic E-state index is -0.486. The van der Waals surface area contributed by atoms with Crippen molar-refractivity contribution in [2.45, 2.75) is 12.8 Å². The van der Waals surface area contributed by atoms with Gasteiger partial charge in [-0.1, -0.05) is 0 Å². The van der Waals surface area contributed by atoms with Crippen molar-refractivity contribution in [1.82, 2.24) is 4.90 Å². The monoisotopic (exact) mass is 416 g/mol. The standard InChI is InChI=1S/C21H24N2O7/c1-27-15-5-6-17(28-2)16(12-15)22-19(24)13-30-21(26)14-7-9-23(10-8-14)20(25)18-4-3-11-29-18/h3-6,11-12,14H,7-10,13H2,1-2H3,(H,22,24). The number of ether oxygens (including phenoxy) is 3. The first kappa shape index (κ1) is 21.2. The molecule has 3 rings (SSSR count). The van der Waals surface area contributed by atoms with Crippen molar-refractivity contribution in [3.63, 3.8) is 0 Å². The van der Waals surface area contributed by atoms with Gasteiger partial charge in [0.1, 0.15) is 11.5 Å². The molecule has 1 aliphatic heterocycles. The number of hydrogen-bond acceptors (Lipinski definition) is 7. The lowest BCUT2D eigenvalue weighted by Crippen LogP contribution is -2.40. The Bertz CT molecular complexity index is 887. The summed E-state index contributed by atoms with van der Waals surface area (Å²) in [6.07, 6.45) is 2.39. The highest BCUT2D eigenvalue weighted by Crippen LogP contribution is 2.29. The molecule has 160 valence electrons. The highest BCUT2D eigenvalue weighted by atomic mass is 16.5. The van der Waals surface area contributed by atoms with Gasteiger partial charge in [-0.2, -0.15) is 0 Å². The topological polar surface area (TPSA) is 107 Å². The zero-order valence-electron chi connectivity index (χ0n) is 16.9. The lowest BCUT2D eigenvalue weighted by molar-refractivity contribution is -0.152. The summed E-state index contributed by atoms with van der Waals surface area (Å²) < 4.78 is 20.6. The van der Waals surface area contributed by atoms with E-state index in [9.17, 15) is 14.4 Å². The third-order valence-corrected chi connectivity index (χ3v) is 4.87. The molecule has 9 nitrogen and oxygen atoms in total. The molecule has 0 atom stereocenters. The third-order valence-electron chi connectivity index (χ3n) is 4.87. The average Bonchev–Trinajstić information content (AvgIpc) is 3.32. The van der Waals surface area contributed by atoms with Crippen LogP contribution in [-0.4, -0.2) is 56.6 Å². The Morgan fingerprint density at radius 2 is 1.90 bits per heavy atom. The number of likely N-dealkylation sites (tertiary alicyclic amines) is 1. The Labute approximate surface area is 173 Å². The van der Waals surface area contributed by atoms with E-state index in [0.29, 0.717) is 43.1 Å². The summed E-state index contributed by atoms with van der Waals surface area (Å²) >= 11 is 0. The van der Waals surface area contributed by atoms with Crippen LogP contribution in [0.3, 0.4) is 0 Å². The van der Waals surface area contributed by atoms with Crippen molar-refractivity contribution >= 4 is 23.5 Å². The van der Waals surface area contributed by atoms with E-state index >= 15 is 0 Å². The fraction of sp³-hybridized carbons (Fsp3) is 0.381. The number of nitrogens with one attached hydrogen (secondary N) is 1. The summed E-state index contributed by atoms with van der Waals surface area (Å²) in [5, 5.41) is 2.65. The minimum absolute atomic E-state index is 0.196. The summed E-state index contributed by atoms with van der Waals surface area (Å²) in [5.41, 5.74) is 0.419. The Balaban J connectivity index is 1.46. The van der Waals surface area contributed by atoms with Crippen LogP contribution in [0.25, 0.3) is 0 Å². The van der Waals surface area contributed by atoms with Gasteiger partial charge in [-0.15, -0.1) is 0 Å². The smallest absolute Gasteiger partial charge is 0.309 e. The first-order valence-corrected chi connectivity index (χ1v) is 9.53. The molecule has 2 amide bonds. The van der Waals surface area contributed by atoms with Crippen LogP contribution >= 0.6 is 0 Å². The van der Waals surface area contributed by atoms with Crippen LogP contribution < -0.4 is 14.8 Å². The predicted octanol–water partition coefficient (Wildman–Crippen LogP) is 2.33. The summed E-state index contributed by atoms with van der Waals surface area (Å²) in [5.74, 6) is -0.194. The van der Waals surface area contributed by atoms with Crippen LogP contribution in [0.2, 0.25) is 0 Å². The van der Waals surface area contributed by atoms with Crippen LogP contribution in [0.15, 0.2) is 41.0 Å². The molecule has 1 saturated heterocycles. The van der Waals surface area contributed by atoms with Crippen molar-refractivity contribution < 1.29 is 33.0 Å². The maximum atomic E-state index is 12.3. The molecule has 0 unspecified atom stereocenters. The molecular formula is C21H24N2O7. The van der Waals surface area contributed by atoms with Crippen LogP contribution in [-0.2, 0) is 14.3 Å². The van der Waals surface area contributed by atoms with Gasteiger partial charge in [-0.05, 0) is 37.1 Å². The normalized spacial score (nSPS) is 14.1. The molecule has 30 heavy (non-hydrogen) atoms. The quantitative estimate of drug-likeness (QED) is 0.690. The SMILES string of the molecule is COc1ccc(OC)c(NC(=O)COC(=O)C2CCN(C(=O)c3ccco3)CC2)c1. The third kappa shape index (κ3) is 5.11. The Kier molecular flexibility index (Phi) is 6.95. The number of furan rings is 1. The van der Waals surface area contributed by atoms with Gasteiger partial charge in [0.15, 0.2) is 12.4 Å². The fourth-order valence-corrected chi connectivity index (χ4v) is 3.23. The lowest BCUT2D eigenvalue weighted by Gasteiger charge is -2.30. The maximum Gasteiger partial charge on any atom is 0.309 e. The zero-order valence-corrected chi connectivity index (χ0v) is 16.9. The molecule has 0 radical (unpaired) electrons. The molecule has 1 aromatic carbocycles. The van der Waals surface area contributed by atoms with E-state index in [2.05, 4.69) is 5.32 Å². The number of methoxy groups -OCH3 is 2. The van der Waals surface area contributed by atoms with E-state index in [4.69, 9.17) is 18.6 Å². The molecule has 0 bridgehead atoms. The van der Waals surface area contributed by atoms with E-state index < -0.39 is 18.5 Å². The highest BCUT2D eigenvalue weighted by molar-refractivity contribution is 5.94. The average molecular weight is 416 g/mol. The van der Waals surface area contributed by atoms with Crippen molar-refractivity contribution in [2.24, 2.45) is 5.92 Å². The number of carbonyl (C=O) groups excluding carboxylic acids is 3. The van der Waals surface area contributed by atoms with Crippen molar-refractivity contribution in [3.05, 3.63) is 42.4 Å². The van der Waals surface area contributed by atoms with Crippen molar-refractivity contribution in [2.75, 3.05) is 39.2 Å². The van der Waals surface area contributed by atoms with E-state index in [1.807, 2.05) is 0 Å². The molecular weight excluding hydrogens is 392 g/mol. The van der Waals surface area contributed by atoms with Gasteiger partial charge in [-0.3, -0.25) is 14.4 Å². The number of anilines is 1. The van der Waals surface area contributed by atoms with Gasteiger partial charge >= 0.3 is 5.97 Å². The van der Waals surface area contributed by atoms with Gasteiger partial charge in [0.25, 0.3) is 11.8 Å². The molecule has 0 saturated carbocycles. The number of benzene rings is 1. The number of amides is 2. The molecule has 9 heteroatoms. The number of nitrogens with zero attached hydrogens (tertiary/aromatic N) is 1. The van der Waals surface area contributed by atoms with Gasteiger partial charge in [0.05, 0.1) is 32.1 Å². The molecule has 1 aliphatic rings. The van der Waals surface area contributed by atoms with E-state index in [1.165, 1.54) is 20.5 Å². The van der Waals surface area contributed by atoms with Gasteiger partial charge < -0.3 is 28.8 Å². The van der Waals surface area contributed by atoms with E-state index in [0.717, 1.165) is 0 Å². The van der Waals surface area contributed by atoms with Gasteiger partial charge in [0, 0.05) is 19.2 Å². The molecule has 0 aliphatic carbocycles. The Morgan fingerprint density at radius 3 is 2.53 bits per heavy atom. The molecule has 1 fully saturated rings. The first-order valence-electron chi connectivity index (χ1n) is 9.53. The summed E-state index contributed by atoms with van der Waals surface area (Å²) in [7, 11) is 3.00. The summed E-state index contributed by atoms with van der Waals surface area (Å²) in [6.45, 7) is 0.434. The van der Waals surface area contributed by atoms with E-state index in [-0.39, 0.29) is 17.6 Å². The van der Waals surface area contributed by atoms with Crippen molar-refractivity contribution in [1.29, 1.82) is 0 Å². The second kappa shape index (κ2) is 9.82. The molecule has 2 aromatic rings. The minimum Gasteiger partial charge on any atom is -0.497 e. The second-order valence-electron chi connectivity index (χ2n) is 6.77. The van der Waals surface area contributed by atoms with E-state index in [1.54, 1.807) is 35.2 Å². The Morgan fingerprint density at radius 1 is 1.13 bits per heavy atom. The number of piperidine rings is 1. The number of hydrogen-bond donors (Lipinski definition) is 1. The summed E-state index contributed by atoms with van der Waals surface area (Å²) in [6, 6.07) is 8.25. The largest absolute Gasteiger partial charge is 0.497 e. The molecule has 1 N–H and O–H groups in total. The van der Waals surface area contributed by atoms with Gasteiger partial charge in [0.2, 0.25) is 0 Å². The first-order chi connectivity index (χ1) is 14.5. The van der Waals surface area contributed by atoms with Crippen LogP contribution in [0.4, 0.5) is 5.69 Å². The van der Waals surface area contributed by atoms with Gasteiger partial charge in [-0.25, -0.2) is 0 Å². The number of esters is 1. The highest BCUT2D eigenvalue weighted by Gasteiger charge is 2.30. The summed E-state index contributed by atoms with van der Waals surface area (Å²) in [4.78, 5) is 38.4. The lowest BCUT2D eigenvalue weighted by atomic mass is 9.97. The maximum absolute atomic E-state index is 12.3. The zero-order chi connectivity index (χ0) is 21.5. The fourth-order valence-electron chi connectivity index (χ4n) is 3.23. The molecule has 1 aromatic heterocycles. The number of rotatable bonds is 7. The van der Waals surface area contributed by atoms with Crippen LogP contribution in [0, 0.1) is 5.92 Å². The number of carbonyl (C=O) groups is 3.